The monoisotopic (exact) mass is 242 g/mol. The highest BCUT2D eigenvalue weighted by atomic mass is 32.2. The van der Waals surface area contributed by atoms with Crippen LogP contribution in [0.25, 0.3) is 0 Å². The summed E-state index contributed by atoms with van der Waals surface area (Å²) in [5.41, 5.74) is 1.31. The van der Waals surface area contributed by atoms with Crippen molar-refractivity contribution in [3.05, 3.63) is 24.0 Å². The van der Waals surface area contributed by atoms with Gasteiger partial charge in [0.1, 0.15) is 0 Å². The molecule has 1 N–H and O–H groups in total. The minimum absolute atomic E-state index is 0.420. The van der Waals surface area contributed by atoms with Crippen LogP contribution in [0.3, 0.4) is 0 Å². The second-order valence-corrected chi connectivity index (χ2v) is 5.69. The molecule has 2 atom stereocenters. The first kappa shape index (κ1) is 13.5. The molecule has 0 saturated carbocycles. The Kier molecular flexibility index (Phi) is 5.77. The first-order valence-electron chi connectivity index (χ1n) is 5.81. The maximum atomic E-state index is 11.0. The summed E-state index contributed by atoms with van der Waals surface area (Å²) in [6, 6.07) is 4.64. The van der Waals surface area contributed by atoms with Gasteiger partial charge >= 0.3 is 0 Å². The summed E-state index contributed by atoms with van der Waals surface area (Å²) in [5.74, 6) is 0.781. The first-order chi connectivity index (χ1) is 7.63. The van der Waals surface area contributed by atoms with E-state index in [9.17, 15) is 4.21 Å². The van der Waals surface area contributed by atoms with E-state index in [2.05, 4.69) is 42.1 Å². The molecule has 4 heteroatoms. The third-order valence-corrected chi connectivity index (χ3v) is 3.54. The molecule has 3 nitrogen and oxygen atoms in total. The standard InChI is InChI=1S/C12H22N2OS/c1-4-14-8-5-6-12(14)10-13-11(2)7-9-16(3)15/h5-6,8,11,13H,4,7,9-10H2,1-3H3. The fraction of sp³-hybridized carbons (Fsp3) is 0.667. The fourth-order valence-corrected chi connectivity index (χ4v) is 2.33. The second-order valence-electron chi connectivity index (χ2n) is 4.13. The van der Waals surface area contributed by atoms with Crippen LogP contribution in [0.4, 0.5) is 0 Å². The van der Waals surface area contributed by atoms with Crippen LogP contribution >= 0.6 is 0 Å². The molecule has 0 amide bonds. The summed E-state index contributed by atoms with van der Waals surface area (Å²) in [6.45, 7) is 6.19. The van der Waals surface area contributed by atoms with Gasteiger partial charge in [-0.3, -0.25) is 4.21 Å². The van der Waals surface area contributed by atoms with Crippen molar-refractivity contribution in [2.45, 2.75) is 39.4 Å². The van der Waals surface area contributed by atoms with E-state index >= 15 is 0 Å². The van der Waals surface area contributed by atoms with E-state index in [1.807, 2.05) is 0 Å². The van der Waals surface area contributed by atoms with Gasteiger partial charge in [-0.05, 0) is 32.4 Å². The lowest BCUT2D eigenvalue weighted by Crippen LogP contribution is -2.27. The second kappa shape index (κ2) is 6.86. The minimum Gasteiger partial charge on any atom is -0.351 e. The van der Waals surface area contributed by atoms with Crippen molar-refractivity contribution in [1.29, 1.82) is 0 Å². The highest BCUT2D eigenvalue weighted by Crippen LogP contribution is 2.03. The van der Waals surface area contributed by atoms with Crippen LogP contribution in [0.1, 0.15) is 26.0 Å². The van der Waals surface area contributed by atoms with Crippen molar-refractivity contribution in [3.63, 3.8) is 0 Å². The van der Waals surface area contributed by atoms with Gasteiger partial charge in [-0.15, -0.1) is 0 Å². The van der Waals surface area contributed by atoms with Gasteiger partial charge < -0.3 is 9.88 Å². The van der Waals surface area contributed by atoms with Crippen LogP contribution in [0.5, 0.6) is 0 Å². The molecule has 0 aromatic carbocycles. The lowest BCUT2D eigenvalue weighted by Gasteiger charge is -2.14. The predicted octanol–water partition coefficient (Wildman–Crippen LogP) is 1.75. The molecule has 16 heavy (non-hydrogen) atoms. The molecule has 1 rings (SSSR count). The number of rotatable bonds is 7. The fourth-order valence-electron chi connectivity index (χ4n) is 1.64. The zero-order valence-corrected chi connectivity index (χ0v) is 11.2. The molecule has 2 unspecified atom stereocenters. The SMILES string of the molecule is CCn1cccc1CNC(C)CCS(C)=O. The Morgan fingerprint density at radius 3 is 2.94 bits per heavy atom. The highest BCUT2D eigenvalue weighted by molar-refractivity contribution is 7.84. The highest BCUT2D eigenvalue weighted by Gasteiger charge is 2.04. The van der Waals surface area contributed by atoms with Crippen molar-refractivity contribution in [2.75, 3.05) is 12.0 Å². The third kappa shape index (κ3) is 4.49. The molecule has 1 aromatic heterocycles. The molecule has 1 aromatic rings. The summed E-state index contributed by atoms with van der Waals surface area (Å²) < 4.78 is 13.2. The Balaban J connectivity index is 2.31. The van der Waals surface area contributed by atoms with Gasteiger partial charge in [-0.2, -0.15) is 0 Å². The van der Waals surface area contributed by atoms with Crippen LogP contribution in [0, 0.1) is 0 Å². The van der Waals surface area contributed by atoms with Crippen LogP contribution in [-0.4, -0.2) is 26.8 Å². The Bertz CT molecular complexity index is 336. The molecule has 0 spiro atoms. The molecular formula is C12H22N2OS. The molecule has 0 aliphatic carbocycles. The number of nitrogens with one attached hydrogen (secondary N) is 1. The maximum Gasteiger partial charge on any atom is 0.0361 e. The van der Waals surface area contributed by atoms with Gasteiger partial charge in [0, 0.05) is 53.8 Å². The van der Waals surface area contributed by atoms with Crippen LogP contribution in [0.15, 0.2) is 18.3 Å². The van der Waals surface area contributed by atoms with Crippen LogP contribution in [0.2, 0.25) is 0 Å². The third-order valence-electron chi connectivity index (χ3n) is 2.73. The smallest absolute Gasteiger partial charge is 0.0361 e. The summed E-state index contributed by atoms with van der Waals surface area (Å²) >= 11 is 0. The molecule has 0 aliphatic rings. The Hall–Kier alpha value is -0.610. The van der Waals surface area contributed by atoms with Crippen molar-refractivity contribution < 1.29 is 4.21 Å². The maximum absolute atomic E-state index is 11.0. The van der Waals surface area contributed by atoms with Crippen molar-refractivity contribution in [3.8, 4) is 0 Å². The summed E-state index contributed by atoms with van der Waals surface area (Å²) in [7, 11) is -0.678. The van der Waals surface area contributed by atoms with Crippen LogP contribution < -0.4 is 5.32 Å². The zero-order chi connectivity index (χ0) is 12.0. The normalized spacial score (nSPS) is 14.9. The molecule has 0 saturated heterocycles. The van der Waals surface area contributed by atoms with E-state index in [4.69, 9.17) is 0 Å². The summed E-state index contributed by atoms with van der Waals surface area (Å²) in [5, 5.41) is 3.46. The van der Waals surface area contributed by atoms with E-state index in [1.54, 1.807) is 6.26 Å². The lowest BCUT2D eigenvalue weighted by molar-refractivity contribution is 0.518. The average molecular weight is 242 g/mol. The van der Waals surface area contributed by atoms with E-state index in [1.165, 1.54) is 5.69 Å². The van der Waals surface area contributed by atoms with E-state index in [0.29, 0.717) is 6.04 Å². The Morgan fingerprint density at radius 1 is 1.56 bits per heavy atom. The van der Waals surface area contributed by atoms with Crippen LogP contribution in [-0.2, 0) is 23.9 Å². The van der Waals surface area contributed by atoms with E-state index in [-0.39, 0.29) is 0 Å². The molecule has 0 bridgehead atoms. The number of hydrogen-bond donors (Lipinski definition) is 1. The Labute approximate surface area is 101 Å². The van der Waals surface area contributed by atoms with Gasteiger partial charge in [-0.25, -0.2) is 0 Å². The van der Waals surface area contributed by atoms with Crippen molar-refractivity contribution >= 4 is 10.8 Å². The predicted molar refractivity (Wildman–Crippen MR) is 70.0 cm³/mol. The quantitative estimate of drug-likeness (QED) is 0.790. The van der Waals surface area contributed by atoms with Gasteiger partial charge in [0.05, 0.1) is 0 Å². The summed E-state index contributed by atoms with van der Waals surface area (Å²) in [4.78, 5) is 0. The summed E-state index contributed by atoms with van der Waals surface area (Å²) in [6.07, 6.45) is 4.83. The Morgan fingerprint density at radius 2 is 2.31 bits per heavy atom. The molecule has 1 heterocycles. The topological polar surface area (TPSA) is 34.0 Å². The van der Waals surface area contributed by atoms with Gasteiger partial charge in [0.2, 0.25) is 0 Å². The largest absolute Gasteiger partial charge is 0.351 e. The van der Waals surface area contributed by atoms with Crippen molar-refractivity contribution in [1.82, 2.24) is 9.88 Å². The first-order valence-corrected chi connectivity index (χ1v) is 7.53. The zero-order valence-electron chi connectivity index (χ0n) is 10.4. The number of aryl methyl sites for hydroxylation is 1. The molecular weight excluding hydrogens is 220 g/mol. The lowest BCUT2D eigenvalue weighted by atomic mass is 10.2. The average Bonchev–Trinajstić information content (AvgIpc) is 2.70. The van der Waals surface area contributed by atoms with E-state index < -0.39 is 10.8 Å². The molecule has 0 radical (unpaired) electrons. The van der Waals surface area contributed by atoms with E-state index in [0.717, 1.165) is 25.3 Å². The minimum atomic E-state index is -0.678. The number of nitrogens with zero attached hydrogens (tertiary/aromatic N) is 1. The number of aromatic nitrogens is 1. The van der Waals surface area contributed by atoms with Gasteiger partial charge in [0.25, 0.3) is 0 Å². The molecule has 92 valence electrons. The number of hydrogen-bond acceptors (Lipinski definition) is 2. The van der Waals surface area contributed by atoms with Gasteiger partial charge in [0.15, 0.2) is 0 Å². The van der Waals surface area contributed by atoms with Crippen molar-refractivity contribution in [2.24, 2.45) is 0 Å². The molecule has 0 aliphatic heterocycles. The molecule has 0 fully saturated rings. The van der Waals surface area contributed by atoms with Gasteiger partial charge in [-0.1, -0.05) is 0 Å².